The van der Waals surface area contributed by atoms with Crippen molar-refractivity contribution in [2.24, 2.45) is 0 Å². The summed E-state index contributed by atoms with van der Waals surface area (Å²) in [5, 5.41) is 12.4. The van der Waals surface area contributed by atoms with Crippen LogP contribution in [-0.4, -0.2) is 25.1 Å². The number of benzene rings is 1. The predicted octanol–water partition coefficient (Wildman–Crippen LogP) is 2.77. The van der Waals surface area contributed by atoms with Crippen LogP contribution < -0.4 is 0 Å². The van der Waals surface area contributed by atoms with Crippen LogP contribution in [0.5, 0.6) is 0 Å². The summed E-state index contributed by atoms with van der Waals surface area (Å²) in [6.45, 7) is 2.86. The summed E-state index contributed by atoms with van der Waals surface area (Å²) in [5.41, 5.74) is 2.81. The molecule has 0 bridgehead atoms. The van der Waals surface area contributed by atoms with Crippen LogP contribution in [0, 0.1) is 0 Å². The number of aryl methyl sites for hydroxylation is 1. The molecule has 1 fully saturated rings. The van der Waals surface area contributed by atoms with Gasteiger partial charge in [-0.05, 0) is 38.0 Å². The highest BCUT2D eigenvalue weighted by molar-refractivity contribution is 5.79. The highest BCUT2D eigenvalue weighted by atomic mass is 16.5. The van der Waals surface area contributed by atoms with Crippen molar-refractivity contribution in [2.75, 3.05) is 0 Å². The Morgan fingerprint density at radius 3 is 3.00 bits per heavy atom. The quantitative estimate of drug-likeness (QED) is 0.731. The molecule has 0 amide bonds. The topological polar surface area (TPSA) is 69.6 Å². The van der Waals surface area contributed by atoms with E-state index in [0.29, 0.717) is 11.7 Å². The molecule has 0 spiro atoms. The Morgan fingerprint density at radius 1 is 1.35 bits per heavy atom. The van der Waals surface area contributed by atoms with E-state index in [1.807, 2.05) is 29.8 Å². The maximum atomic E-state index is 5.36. The molecule has 0 aliphatic heterocycles. The van der Waals surface area contributed by atoms with Crippen molar-refractivity contribution in [3.05, 3.63) is 24.1 Å². The van der Waals surface area contributed by atoms with E-state index < -0.39 is 0 Å². The lowest BCUT2D eigenvalue weighted by Gasteiger charge is -2.20. The molecule has 102 valence electrons. The van der Waals surface area contributed by atoms with E-state index in [4.69, 9.17) is 4.52 Å². The average Bonchev–Trinajstić information content (AvgIpc) is 3.02. The van der Waals surface area contributed by atoms with Crippen molar-refractivity contribution < 1.29 is 4.52 Å². The fourth-order valence-electron chi connectivity index (χ4n) is 2.52. The predicted molar refractivity (Wildman–Crippen MR) is 73.1 cm³/mol. The lowest BCUT2D eigenvalue weighted by Crippen LogP contribution is -2.08. The molecule has 4 rings (SSSR count). The molecule has 1 saturated carbocycles. The lowest BCUT2D eigenvalue weighted by molar-refractivity contribution is 0.292. The molecular formula is C14H15N5O. The normalized spacial score (nSPS) is 15.7. The first-order valence-corrected chi connectivity index (χ1v) is 7.02. The van der Waals surface area contributed by atoms with E-state index in [9.17, 15) is 0 Å². The van der Waals surface area contributed by atoms with Crippen LogP contribution in [0.25, 0.3) is 22.4 Å². The molecule has 3 aromatic rings. The monoisotopic (exact) mass is 269 g/mol. The molecule has 2 aromatic heterocycles. The third-order valence-electron chi connectivity index (χ3n) is 3.97. The first kappa shape index (κ1) is 11.6. The molecule has 2 heterocycles. The van der Waals surface area contributed by atoms with Crippen molar-refractivity contribution in [3.63, 3.8) is 0 Å². The fraction of sp³-hybridized carbons (Fsp3) is 0.429. The van der Waals surface area contributed by atoms with Crippen molar-refractivity contribution >= 4 is 11.0 Å². The van der Waals surface area contributed by atoms with Gasteiger partial charge in [0.05, 0.1) is 5.52 Å². The molecular weight excluding hydrogens is 254 g/mol. The number of rotatable bonds is 3. The van der Waals surface area contributed by atoms with Crippen molar-refractivity contribution in [1.82, 2.24) is 25.1 Å². The summed E-state index contributed by atoms with van der Waals surface area (Å²) >= 11 is 0. The zero-order valence-electron chi connectivity index (χ0n) is 11.3. The average molecular weight is 269 g/mol. The van der Waals surface area contributed by atoms with Gasteiger partial charge in [-0.1, -0.05) is 16.8 Å². The Morgan fingerprint density at radius 2 is 2.25 bits per heavy atom. The summed E-state index contributed by atoms with van der Waals surface area (Å²) < 4.78 is 7.23. The Balaban J connectivity index is 1.72. The molecule has 1 aliphatic carbocycles. The molecule has 0 N–H and O–H groups in total. The Hall–Kier alpha value is -2.24. The second-order valence-electron chi connectivity index (χ2n) is 5.19. The van der Waals surface area contributed by atoms with Crippen LogP contribution in [0.2, 0.25) is 0 Å². The molecule has 0 unspecified atom stereocenters. The van der Waals surface area contributed by atoms with Crippen LogP contribution in [0.4, 0.5) is 0 Å². The van der Waals surface area contributed by atoms with E-state index in [1.54, 1.807) is 0 Å². The third-order valence-corrected chi connectivity index (χ3v) is 3.97. The number of hydrogen-bond acceptors (Lipinski definition) is 5. The van der Waals surface area contributed by atoms with E-state index >= 15 is 0 Å². The van der Waals surface area contributed by atoms with Crippen molar-refractivity contribution in [3.8, 4) is 11.4 Å². The summed E-state index contributed by atoms with van der Waals surface area (Å²) in [6, 6.07) is 5.96. The minimum absolute atomic E-state index is 0.459. The maximum Gasteiger partial charge on any atom is 0.230 e. The summed E-state index contributed by atoms with van der Waals surface area (Å²) in [5.74, 6) is 1.87. The van der Waals surface area contributed by atoms with Crippen molar-refractivity contribution in [1.29, 1.82) is 0 Å². The first-order chi connectivity index (χ1) is 9.85. The Bertz CT molecular complexity index is 756. The highest BCUT2D eigenvalue weighted by Gasteiger charge is 2.25. The lowest BCUT2D eigenvalue weighted by atomic mass is 9.85. The highest BCUT2D eigenvalue weighted by Crippen LogP contribution is 2.36. The van der Waals surface area contributed by atoms with E-state index in [1.165, 1.54) is 6.42 Å². The molecule has 1 aliphatic rings. The molecule has 1 aromatic carbocycles. The number of aromatic nitrogens is 5. The maximum absolute atomic E-state index is 5.36. The Labute approximate surface area is 115 Å². The molecule has 6 heteroatoms. The van der Waals surface area contributed by atoms with E-state index in [-0.39, 0.29) is 0 Å². The minimum Gasteiger partial charge on any atom is -0.339 e. The molecule has 0 radical (unpaired) electrons. The van der Waals surface area contributed by atoms with Crippen LogP contribution in [0.1, 0.15) is 38.0 Å². The third kappa shape index (κ3) is 1.71. The zero-order valence-corrected chi connectivity index (χ0v) is 11.3. The summed E-state index contributed by atoms with van der Waals surface area (Å²) in [4.78, 5) is 4.50. The van der Waals surface area contributed by atoms with Gasteiger partial charge in [0.1, 0.15) is 5.52 Å². The molecule has 0 saturated heterocycles. The summed E-state index contributed by atoms with van der Waals surface area (Å²) in [6.07, 6.45) is 3.57. The molecule has 6 nitrogen and oxygen atoms in total. The largest absolute Gasteiger partial charge is 0.339 e. The molecule has 0 atom stereocenters. The SMILES string of the molecule is CCn1nnc2cc(-c3noc(C4CCC4)n3)ccc21. The van der Waals surface area contributed by atoms with Gasteiger partial charge in [0.25, 0.3) is 0 Å². The second kappa shape index (κ2) is 4.40. The summed E-state index contributed by atoms with van der Waals surface area (Å²) in [7, 11) is 0. The van der Waals surface area contributed by atoms with Crippen LogP contribution in [-0.2, 0) is 6.54 Å². The van der Waals surface area contributed by atoms with Gasteiger partial charge in [-0.3, -0.25) is 0 Å². The van der Waals surface area contributed by atoms with Gasteiger partial charge in [0.15, 0.2) is 0 Å². The van der Waals surface area contributed by atoms with Gasteiger partial charge in [0, 0.05) is 18.0 Å². The van der Waals surface area contributed by atoms with Gasteiger partial charge >= 0.3 is 0 Å². The smallest absolute Gasteiger partial charge is 0.230 e. The number of fused-ring (bicyclic) bond motifs is 1. The first-order valence-electron chi connectivity index (χ1n) is 7.02. The van der Waals surface area contributed by atoms with Crippen LogP contribution >= 0.6 is 0 Å². The van der Waals surface area contributed by atoms with Gasteiger partial charge < -0.3 is 4.52 Å². The zero-order chi connectivity index (χ0) is 13.5. The van der Waals surface area contributed by atoms with Crippen LogP contribution in [0.15, 0.2) is 22.7 Å². The Kier molecular flexibility index (Phi) is 2.55. The van der Waals surface area contributed by atoms with Crippen molar-refractivity contribution in [2.45, 2.75) is 38.6 Å². The number of nitrogens with zero attached hydrogens (tertiary/aromatic N) is 5. The fourth-order valence-corrected chi connectivity index (χ4v) is 2.52. The van der Waals surface area contributed by atoms with Gasteiger partial charge in [-0.15, -0.1) is 5.10 Å². The second-order valence-corrected chi connectivity index (χ2v) is 5.19. The molecule has 20 heavy (non-hydrogen) atoms. The van der Waals surface area contributed by atoms with E-state index in [2.05, 4.69) is 20.5 Å². The van der Waals surface area contributed by atoms with Crippen LogP contribution in [0.3, 0.4) is 0 Å². The van der Waals surface area contributed by atoms with Gasteiger partial charge in [-0.25, -0.2) is 4.68 Å². The van der Waals surface area contributed by atoms with Gasteiger partial charge in [-0.2, -0.15) is 4.98 Å². The number of hydrogen-bond donors (Lipinski definition) is 0. The standard InChI is InChI=1S/C14H15N5O/c1-2-19-12-7-6-10(8-11(12)16-18-19)13-15-14(20-17-13)9-4-3-5-9/h6-9H,2-5H2,1H3. The van der Waals surface area contributed by atoms with Gasteiger partial charge in [0.2, 0.25) is 11.7 Å². The minimum atomic E-state index is 0.459. The van der Waals surface area contributed by atoms with E-state index in [0.717, 1.165) is 41.9 Å².